The van der Waals surface area contributed by atoms with Crippen molar-refractivity contribution in [3.8, 4) is 0 Å². The summed E-state index contributed by atoms with van der Waals surface area (Å²) in [5, 5.41) is 5.21. The first-order chi connectivity index (χ1) is 15.0. The van der Waals surface area contributed by atoms with Crippen LogP contribution in [0.25, 0.3) is 0 Å². The summed E-state index contributed by atoms with van der Waals surface area (Å²) >= 11 is 5.55. The van der Waals surface area contributed by atoms with Gasteiger partial charge in [-0.25, -0.2) is 8.42 Å². The molecule has 174 valence electrons. The first-order valence-corrected chi connectivity index (χ1v) is 11.0. The fourth-order valence-corrected chi connectivity index (χ4v) is 4.79. The zero-order valence-corrected chi connectivity index (χ0v) is 17.8. The fraction of sp³-hybridized carbons (Fsp3) is 0.389. The molecule has 32 heavy (non-hydrogen) atoms. The maximum Gasteiger partial charge on any atom is 0.417 e. The number of hydrogen-bond donors (Lipinski definition) is 1. The number of benzene rings is 1. The van der Waals surface area contributed by atoms with E-state index < -0.39 is 56.1 Å². The highest BCUT2D eigenvalue weighted by Gasteiger charge is 2.37. The van der Waals surface area contributed by atoms with E-state index in [9.17, 15) is 31.2 Å². The van der Waals surface area contributed by atoms with Crippen molar-refractivity contribution in [2.24, 2.45) is 5.92 Å². The van der Waals surface area contributed by atoms with Crippen LogP contribution >= 0.6 is 11.6 Å². The quantitative estimate of drug-likeness (QED) is 0.612. The second kappa shape index (κ2) is 9.46. The molecule has 2 heterocycles. The molecule has 14 heteroatoms. The van der Waals surface area contributed by atoms with Gasteiger partial charge in [-0.1, -0.05) is 16.8 Å². The molecule has 0 saturated carbocycles. The highest BCUT2D eigenvalue weighted by atomic mass is 35.5. The topological polar surface area (TPSA) is 119 Å². The summed E-state index contributed by atoms with van der Waals surface area (Å²) in [6, 6.07) is 3.77. The Hall–Kier alpha value is -2.64. The van der Waals surface area contributed by atoms with Gasteiger partial charge in [0.1, 0.15) is 6.26 Å². The van der Waals surface area contributed by atoms with Crippen molar-refractivity contribution in [1.29, 1.82) is 0 Å². The number of esters is 1. The van der Waals surface area contributed by atoms with Crippen LogP contribution in [-0.4, -0.2) is 49.5 Å². The third-order valence-electron chi connectivity index (χ3n) is 4.72. The van der Waals surface area contributed by atoms with E-state index in [1.807, 2.05) is 0 Å². The SMILES string of the molecule is O=C(COC(=O)C1CCN(S(=O)(=O)c2ccc(Cl)c(C(F)(F)F)c2)CC1)Nc1ccon1. The van der Waals surface area contributed by atoms with Crippen LogP contribution in [0.2, 0.25) is 5.02 Å². The summed E-state index contributed by atoms with van der Waals surface area (Å²) < 4.78 is 75.2. The van der Waals surface area contributed by atoms with Crippen LogP contribution in [0.15, 0.2) is 39.9 Å². The van der Waals surface area contributed by atoms with Crippen molar-refractivity contribution >= 4 is 39.3 Å². The molecule has 0 unspecified atom stereocenters. The van der Waals surface area contributed by atoms with Crippen LogP contribution in [-0.2, 0) is 30.5 Å². The molecule has 1 amide bonds. The Kier molecular flexibility index (Phi) is 7.10. The van der Waals surface area contributed by atoms with E-state index in [-0.39, 0.29) is 31.7 Å². The Morgan fingerprint density at radius 2 is 1.94 bits per heavy atom. The molecule has 3 rings (SSSR count). The van der Waals surface area contributed by atoms with E-state index in [0.717, 1.165) is 16.4 Å². The fourth-order valence-electron chi connectivity index (χ4n) is 3.07. The summed E-state index contributed by atoms with van der Waals surface area (Å²) in [4.78, 5) is 23.4. The number of nitrogens with zero attached hydrogens (tertiary/aromatic N) is 2. The first-order valence-electron chi connectivity index (χ1n) is 9.22. The van der Waals surface area contributed by atoms with E-state index in [2.05, 4.69) is 15.0 Å². The van der Waals surface area contributed by atoms with Gasteiger partial charge >= 0.3 is 12.1 Å². The number of rotatable bonds is 6. The van der Waals surface area contributed by atoms with Crippen LogP contribution in [0, 0.1) is 5.92 Å². The number of amides is 1. The molecule has 9 nitrogen and oxygen atoms in total. The second-order valence-corrected chi connectivity index (χ2v) is 9.20. The number of halogens is 4. The average molecular weight is 496 g/mol. The number of carbonyl (C=O) groups is 2. The van der Waals surface area contributed by atoms with Crippen molar-refractivity contribution < 1.29 is 40.4 Å². The highest BCUT2D eigenvalue weighted by Crippen LogP contribution is 2.36. The molecule has 1 saturated heterocycles. The van der Waals surface area contributed by atoms with E-state index in [1.165, 1.54) is 12.3 Å². The molecule has 1 N–H and O–H groups in total. The van der Waals surface area contributed by atoms with Crippen molar-refractivity contribution in [1.82, 2.24) is 9.46 Å². The molecule has 0 aliphatic carbocycles. The maximum atomic E-state index is 13.1. The van der Waals surface area contributed by atoms with Gasteiger partial charge < -0.3 is 14.6 Å². The smallest absolute Gasteiger partial charge is 0.417 e. The minimum Gasteiger partial charge on any atom is -0.455 e. The number of aromatic nitrogens is 1. The molecule has 0 radical (unpaired) electrons. The zero-order valence-electron chi connectivity index (χ0n) is 16.3. The maximum absolute atomic E-state index is 13.1. The molecule has 1 fully saturated rings. The number of alkyl halides is 3. The second-order valence-electron chi connectivity index (χ2n) is 6.86. The van der Waals surface area contributed by atoms with Gasteiger partial charge in [-0.15, -0.1) is 0 Å². The lowest BCUT2D eigenvalue weighted by atomic mass is 9.98. The molecule has 0 bridgehead atoms. The lowest BCUT2D eigenvalue weighted by molar-refractivity contribution is -0.152. The monoisotopic (exact) mass is 495 g/mol. The van der Waals surface area contributed by atoms with Gasteiger partial charge in [0.2, 0.25) is 10.0 Å². The summed E-state index contributed by atoms with van der Waals surface area (Å²) in [6.45, 7) is -0.760. The van der Waals surface area contributed by atoms with E-state index in [4.69, 9.17) is 16.3 Å². The van der Waals surface area contributed by atoms with Crippen molar-refractivity contribution in [2.45, 2.75) is 23.9 Å². The summed E-state index contributed by atoms with van der Waals surface area (Å²) in [6.07, 6.45) is -3.39. The predicted octanol–water partition coefficient (Wildman–Crippen LogP) is 2.93. The van der Waals surface area contributed by atoms with Crippen LogP contribution in [0.3, 0.4) is 0 Å². The molecule has 1 aromatic carbocycles. The van der Waals surface area contributed by atoms with E-state index >= 15 is 0 Å². The molecule has 0 spiro atoms. The Morgan fingerprint density at radius 1 is 1.25 bits per heavy atom. The summed E-state index contributed by atoms with van der Waals surface area (Å²) in [5.41, 5.74) is -1.25. The third-order valence-corrected chi connectivity index (χ3v) is 6.94. The van der Waals surface area contributed by atoms with E-state index in [0.29, 0.717) is 6.07 Å². The average Bonchev–Trinajstić information content (AvgIpc) is 3.24. The highest BCUT2D eigenvalue weighted by molar-refractivity contribution is 7.89. The molecule has 1 aromatic heterocycles. The van der Waals surface area contributed by atoms with Gasteiger partial charge in [-0.05, 0) is 31.0 Å². The molecule has 0 atom stereocenters. The minimum atomic E-state index is -4.81. The first kappa shape index (κ1) is 24.0. The largest absolute Gasteiger partial charge is 0.455 e. The number of piperidine rings is 1. The van der Waals surface area contributed by atoms with Gasteiger partial charge in [-0.2, -0.15) is 17.5 Å². The van der Waals surface area contributed by atoms with Gasteiger partial charge in [0.15, 0.2) is 12.4 Å². The summed E-state index contributed by atoms with van der Waals surface area (Å²) in [7, 11) is -4.22. The molecule has 2 aromatic rings. The Bertz CT molecular complexity index is 1080. The normalized spacial score (nSPS) is 16.0. The molecule has 1 aliphatic heterocycles. The molecular formula is C18H17ClF3N3O6S. The van der Waals surface area contributed by atoms with Crippen LogP contribution < -0.4 is 5.32 Å². The van der Waals surface area contributed by atoms with Gasteiger partial charge in [0.25, 0.3) is 5.91 Å². The van der Waals surface area contributed by atoms with Crippen LogP contribution in [0.1, 0.15) is 18.4 Å². The van der Waals surface area contributed by atoms with Gasteiger partial charge in [0, 0.05) is 19.2 Å². The van der Waals surface area contributed by atoms with E-state index in [1.54, 1.807) is 0 Å². The van der Waals surface area contributed by atoms with Crippen molar-refractivity contribution in [2.75, 3.05) is 25.0 Å². The Labute approximate surface area is 185 Å². The lowest BCUT2D eigenvalue weighted by Crippen LogP contribution is -2.41. The number of hydrogen-bond acceptors (Lipinski definition) is 7. The predicted molar refractivity (Wildman–Crippen MR) is 104 cm³/mol. The number of anilines is 1. The standard InChI is InChI=1S/C18H17ClF3N3O6S/c19-14-2-1-12(9-13(14)18(20,21)22)32(28,29)25-6-3-11(4-7-25)17(27)30-10-16(26)23-15-5-8-31-24-15/h1-2,5,8-9,11H,3-4,6-7,10H2,(H,23,24,26). The molecule has 1 aliphatic rings. The summed E-state index contributed by atoms with van der Waals surface area (Å²) in [5.74, 6) is -1.81. The van der Waals surface area contributed by atoms with Crippen molar-refractivity contribution in [3.05, 3.63) is 41.1 Å². The number of sulfonamides is 1. The minimum absolute atomic E-state index is 0.0860. The number of carbonyl (C=O) groups excluding carboxylic acids is 2. The third kappa shape index (κ3) is 5.58. The van der Waals surface area contributed by atoms with Gasteiger partial charge in [-0.3, -0.25) is 9.59 Å². The van der Waals surface area contributed by atoms with Crippen molar-refractivity contribution in [3.63, 3.8) is 0 Å². The number of nitrogens with one attached hydrogen (secondary N) is 1. The lowest BCUT2D eigenvalue weighted by Gasteiger charge is -2.30. The van der Waals surface area contributed by atoms with Crippen LogP contribution in [0.5, 0.6) is 0 Å². The zero-order chi connectivity index (χ0) is 23.5. The Balaban J connectivity index is 1.56. The van der Waals surface area contributed by atoms with Crippen LogP contribution in [0.4, 0.5) is 19.0 Å². The molecular weight excluding hydrogens is 479 g/mol. The van der Waals surface area contributed by atoms with Gasteiger partial charge in [0.05, 0.1) is 21.4 Å². The number of ether oxygens (including phenoxy) is 1. The Morgan fingerprint density at radius 3 is 2.53 bits per heavy atom.